The fourth-order valence-corrected chi connectivity index (χ4v) is 3.33. The van der Waals surface area contributed by atoms with E-state index < -0.39 is 0 Å². The Labute approximate surface area is 131 Å². The number of nitrogens with two attached hydrogens (primary N) is 1. The lowest BCUT2D eigenvalue weighted by Gasteiger charge is -2.33. The highest BCUT2D eigenvalue weighted by molar-refractivity contribution is 6.31. The first-order valence-electron chi connectivity index (χ1n) is 7.54. The number of hydrogen-bond donors (Lipinski definition) is 2. The van der Waals surface area contributed by atoms with Crippen molar-refractivity contribution in [3.05, 3.63) is 34.9 Å². The van der Waals surface area contributed by atoms with Crippen LogP contribution in [-0.2, 0) is 4.79 Å². The number of benzene rings is 1. The molecule has 2 rings (SSSR count). The fraction of sp³-hybridized carbons (Fsp3) is 0.562. The second-order valence-corrected chi connectivity index (χ2v) is 6.13. The van der Waals surface area contributed by atoms with Crippen molar-refractivity contribution in [2.45, 2.75) is 44.8 Å². The van der Waals surface area contributed by atoms with Gasteiger partial charge in [0.25, 0.3) is 0 Å². The molecule has 1 aromatic carbocycles. The van der Waals surface area contributed by atoms with Crippen LogP contribution in [0.4, 0.5) is 0 Å². The maximum Gasteiger partial charge on any atom is 0.217 e. The van der Waals surface area contributed by atoms with Crippen LogP contribution in [0.15, 0.2) is 24.3 Å². The first-order valence-corrected chi connectivity index (χ1v) is 7.91. The van der Waals surface area contributed by atoms with Crippen LogP contribution in [-0.4, -0.2) is 36.0 Å². The lowest BCUT2D eigenvalue weighted by Crippen LogP contribution is -2.42. The van der Waals surface area contributed by atoms with Gasteiger partial charge >= 0.3 is 0 Å². The highest BCUT2D eigenvalue weighted by Gasteiger charge is 2.33. The predicted octanol–water partition coefficient (Wildman–Crippen LogP) is 2.33. The van der Waals surface area contributed by atoms with Gasteiger partial charge in [0, 0.05) is 37.1 Å². The Hall–Kier alpha value is -1.10. The van der Waals surface area contributed by atoms with Crippen molar-refractivity contribution < 1.29 is 4.79 Å². The average molecular weight is 310 g/mol. The molecular formula is C16H24ClN3O. The van der Waals surface area contributed by atoms with Gasteiger partial charge in [-0.15, -0.1) is 0 Å². The monoisotopic (exact) mass is 309 g/mol. The van der Waals surface area contributed by atoms with Crippen molar-refractivity contribution in [2.75, 3.05) is 13.1 Å². The molecule has 0 bridgehead atoms. The zero-order chi connectivity index (χ0) is 15.4. The summed E-state index contributed by atoms with van der Waals surface area (Å²) >= 11 is 6.37. The molecule has 1 aromatic rings. The van der Waals surface area contributed by atoms with Crippen LogP contribution >= 0.6 is 11.6 Å². The van der Waals surface area contributed by atoms with Gasteiger partial charge in [0.05, 0.1) is 6.04 Å². The molecule has 116 valence electrons. The van der Waals surface area contributed by atoms with Crippen molar-refractivity contribution in [2.24, 2.45) is 5.73 Å². The number of nitrogens with one attached hydrogen (secondary N) is 1. The maximum absolute atomic E-state index is 11.2. The molecule has 5 heteroatoms. The molecule has 0 radical (unpaired) electrons. The summed E-state index contributed by atoms with van der Waals surface area (Å²) in [5.41, 5.74) is 7.44. The standard InChI is InChI=1S/C16H24ClN3O/c1-3-15(18)16(13-6-4-5-7-14(13)17)20-9-8-12(10-20)19-11(2)21/h4-7,12,15-16H,3,8-10,18H2,1-2H3,(H,19,21). The summed E-state index contributed by atoms with van der Waals surface area (Å²) in [6.07, 6.45) is 1.84. The van der Waals surface area contributed by atoms with Gasteiger partial charge in [-0.1, -0.05) is 36.7 Å². The van der Waals surface area contributed by atoms with Crippen molar-refractivity contribution in [3.8, 4) is 0 Å². The molecule has 3 N–H and O–H groups in total. The third-order valence-electron chi connectivity index (χ3n) is 4.12. The second kappa shape index (κ2) is 7.25. The second-order valence-electron chi connectivity index (χ2n) is 5.72. The maximum atomic E-state index is 11.2. The van der Waals surface area contributed by atoms with Gasteiger partial charge in [-0.2, -0.15) is 0 Å². The van der Waals surface area contributed by atoms with E-state index in [1.165, 1.54) is 0 Å². The van der Waals surface area contributed by atoms with Crippen LogP contribution in [0.5, 0.6) is 0 Å². The van der Waals surface area contributed by atoms with E-state index in [-0.39, 0.29) is 24.0 Å². The van der Waals surface area contributed by atoms with E-state index in [2.05, 4.69) is 17.1 Å². The Kier molecular flexibility index (Phi) is 5.62. The van der Waals surface area contributed by atoms with Gasteiger partial charge in [0.1, 0.15) is 0 Å². The number of carbonyl (C=O) groups is 1. The number of carbonyl (C=O) groups excluding carboxylic acids is 1. The molecule has 3 atom stereocenters. The lowest BCUT2D eigenvalue weighted by atomic mass is 9.96. The Bertz CT molecular complexity index is 494. The number of hydrogen-bond acceptors (Lipinski definition) is 3. The minimum atomic E-state index is 0.0240. The first kappa shape index (κ1) is 16.3. The Morgan fingerprint density at radius 3 is 2.86 bits per heavy atom. The molecule has 0 spiro atoms. The number of nitrogens with zero attached hydrogens (tertiary/aromatic N) is 1. The van der Waals surface area contributed by atoms with Gasteiger partial charge in [0.15, 0.2) is 0 Å². The zero-order valence-corrected chi connectivity index (χ0v) is 13.4. The van der Waals surface area contributed by atoms with Crippen LogP contribution in [0, 0.1) is 0 Å². The predicted molar refractivity (Wildman–Crippen MR) is 86.3 cm³/mol. The molecule has 4 nitrogen and oxygen atoms in total. The molecule has 3 unspecified atom stereocenters. The van der Waals surface area contributed by atoms with E-state index in [4.69, 9.17) is 17.3 Å². The van der Waals surface area contributed by atoms with Gasteiger partial charge in [-0.3, -0.25) is 9.69 Å². The van der Waals surface area contributed by atoms with Crippen molar-refractivity contribution in [1.29, 1.82) is 0 Å². The molecule has 1 aliphatic rings. The van der Waals surface area contributed by atoms with Gasteiger partial charge in [0.2, 0.25) is 5.91 Å². The molecule has 0 aromatic heterocycles. The van der Waals surface area contributed by atoms with E-state index >= 15 is 0 Å². The van der Waals surface area contributed by atoms with E-state index in [0.717, 1.165) is 36.5 Å². The summed E-state index contributed by atoms with van der Waals surface area (Å²) in [7, 11) is 0. The highest BCUT2D eigenvalue weighted by atomic mass is 35.5. The Balaban J connectivity index is 2.18. The Morgan fingerprint density at radius 2 is 2.24 bits per heavy atom. The van der Waals surface area contributed by atoms with Gasteiger partial charge < -0.3 is 11.1 Å². The summed E-state index contributed by atoms with van der Waals surface area (Å²) in [6, 6.07) is 8.23. The van der Waals surface area contributed by atoms with E-state index in [1.807, 2.05) is 24.3 Å². The molecule has 0 saturated carbocycles. The molecule has 1 fully saturated rings. The number of amides is 1. The molecule has 0 aliphatic carbocycles. The molecule has 1 heterocycles. The molecular weight excluding hydrogens is 286 g/mol. The first-order chi connectivity index (χ1) is 10.0. The molecule has 1 saturated heterocycles. The average Bonchev–Trinajstić information content (AvgIpc) is 2.88. The number of halogens is 1. The van der Waals surface area contributed by atoms with Crippen molar-refractivity contribution in [1.82, 2.24) is 10.2 Å². The van der Waals surface area contributed by atoms with E-state index in [0.29, 0.717) is 0 Å². The van der Waals surface area contributed by atoms with Crippen LogP contribution in [0.2, 0.25) is 5.02 Å². The van der Waals surface area contributed by atoms with Crippen LogP contribution in [0.1, 0.15) is 38.3 Å². The summed E-state index contributed by atoms with van der Waals surface area (Å²) < 4.78 is 0. The smallest absolute Gasteiger partial charge is 0.217 e. The minimum Gasteiger partial charge on any atom is -0.352 e. The molecule has 21 heavy (non-hydrogen) atoms. The SMILES string of the molecule is CCC(N)C(c1ccccc1Cl)N1CCC(NC(C)=O)C1. The molecule has 1 amide bonds. The van der Waals surface area contributed by atoms with Crippen molar-refractivity contribution in [3.63, 3.8) is 0 Å². The van der Waals surface area contributed by atoms with Gasteiger partial charge in [-0.05, 0) is 24.5 Å². The third kappa shape index (κ3) is 3.96. The molecule has 1 aliphatic heterocycles. The fourth-order valence-electron chi connectivity index (χ4n) is 3.08. The third-order valence-corrected chi connectivity index (χ3v) is 4.47. The quantitative estimate of drug-likeness (QED) is 0.877. The lowest BCUT2D eigenvalue weighted by molar-refractivity contribution is -0.119. The summed E-state index contributed by atoms with van der Waals surface area (Å²) in [5, 5.41) is 3.75. The Morgan fingerprint density at radius 1 is 1.52 bits per heavy atom. The van der Waals surface area contributed by atoms with Crippen molar-refractivity contribution >= 4 is 17.5 Å². The summed E-state index contributed by atoms with van der Waals surface area (Å²) in [6.45, 7) is 5.40. The highest BCUT2D eigenvalue weighted by Crippen LogP contribution is 2.32. The van der Waals surface area contributed by atoms with Crippen LogP contribution in [0.3, 0.4) is 0 Å². The topological polar surface area (TPSA) is 58.4 Å². The van der Waals surface area contributed by atoms with Crippen LogP contribution in [0.25, 0.3) is 0 Å². The number of rotatable bonds is 5. The van der Waals surface area contributed by atoms with E-state index in [9.17, 15) is 4.79 Å². The van der Waals surface area contributed by atoms with E-state index in [1.54, 1.807) is 6.92 Å². The normalized spacial score (nSPS) is 22.0. The van der Waals surface area contributed by atoms with Crippen LogP contribution < -0.4 is 11.1 Å². The summed E-state index contributed by atoms with van der Waals surface area (Å²) in [4.78, 5) is 13.6. The zero-order valence-electron chi connectivity index (χ0n) is 12.7. The van der Waals surface area contributed by atoms with Gasteiger partial charge in [-0.25, -0.2) is 0 Å². The number of likely N-dealkylation sites (tertiary alicyclic amines) is 1. The minimum absolute atomic E-state index is 0.0240. The summed E-state index contributed by atoms with van der Waals surface area (Å²) in [5.74, 6) is 0.0240. The largest absolute Gasteiger partial charge is 0.352 e.